The fraction of sp³-hybridized carbons (Fsp3) is 0.417. The van der Waals surface area contributed by atoms with Gasteiger partial charge in [0.1, 0.15) is 11.5 Å². The molecule has 104 valence electrons. The van der Waals surface area contributed by atoms with Gasteiger partial charge in [0.05, 0.1) is 0 Å². The summed E-state index contributed by atoms with van der Waals surface area (Å²) in [4.78, 5) is 27.1. The molecule has 1 rings (SSSR count). The van der Waals surface area contributed by atoms with Crippen molar-refractivity contribution in [1.29, 1.82) is 0 Å². The lowest BCUT2D eigenvalue weighted by Gasteiger charge is -2.09. The van der Waals surface area contributed by atoms with E-state index in [-0.39, 0.29) is 36.5 Å². The molecule has 0 bridgehead atoms. The maximum absolute atomic E-state index is 11.7. The molecular formula is C12H19N5O2. The minimum absolute atomic E-state index is 0.0946. The van der Waals surface area contributed by atoms with E-state index in [1.165, 1.54) is 0 Å². The second-order valence-electron chi connectivity index (χ2n) is 4.28. The third kappa shape index (κ3) is 5.35. The van der Waals surface area contributed by atoms with Crippen LogP contribution in [-0.4, -0.2) is 29.4 Å². The van der Waals surface area contributed by atoms with Crippen LogP contribution in [0.1, 0.15) is 30.8 Å². The third-order valence-corrected chi connectivity index (χ3v) is 2.22. The predicted octanol–water partition coefficient (Wildman–Crippen LogP) is 0.0117. The van der Waals surface area contributed by atoms with E-state index in [1.807, 2.05) is 13.8 Å². The van der Waals surface area contributed by atoms with Crippen molar-refractivity contribution < 1.29 is 9.59 Å². The summed E-state index contributed by atoms with van der Waals surface area (Å²) in [7, 11) is 0. The first-order valence-electron chi connectivity index (χ1n) is 6.04. The summed E-state index contributed by atoms with van der Waals surface area (Å²) in [6.07, 6.45) is 0.235. The van der Waals surface area contributed by atoms with Crippen molar-refractivity contribution >= 4 is 17.6 Å². The molecular weight excluding hydrogens is 246 g/mol. The summed E-state index contributed by atoms with van der Waals surface area (Å²) < 4.78 is 0. The molecule has 0 atom stereocenters. The van der Waals surface area contributed by atoms with Gasteiger partial charge in [-0.3, -0.25) is 9.59 Å². The molecule has 1 aromatic heterocycles. The summed E-state index contributed by atoms with van der Waals surface area (Å²) in [5.74, 6) is 5.18. The van der Waals surface area contributed by atoms with Crippen LogP contribution >= 0.6 is 0 Å². The lowest BCUT2D eigenvalue weighted by atomic mass is 10.3. The third-order valence-electron chi connectivity index (χ3n) is 2.22. The van der Waals surface area contributed by atoms with E-state index >= 15 is 0 Å². The molecule has 7 heteroatoms. The van der Waals surface area contributed by atoms with Gasteiger partial charge in [0, 0.05) is 19.0 Å². The number of aromatic nitrogens is 1. The Hall–Kier alpha value is -2.15. The lowest BCUT2D eigenvalue weighted by molar-refractivity contribution is -0.121. The number of carbonyl (C=O) groups is 2. The van der Waals surface area contributed by atoms with E-state index in [1.54, 1.807) is 18.2 Å². The first kappa shape index (κ1) is 14.9. The van der Waals surface area contributed by atoms with Crippen molar-refractivity contribution in [3.8, 4) is 0 Å². The highest BCUT2D eigenvalue weighted by atomic mass is 16.2. The van der Waals surface area contributed by atoms with E-state index < -0.39 is 0 Å². The molecule has 1 aromatic rings. The number of nitrogens with one attached hydrogen (secondary N) is 3. The van der Waals surface area contributed by atoms with Crippen molar-refractivity contribution in [2.24, 2.45) is 5.84 Å². The number of hydrazine groups is 1. The van der Waals surface area contributed by atoms with Crippen molar-refractivity contribution in [1.82, 2.24) is 15.6 Å². The fourth-order valence-electron chi connectivity index (χ4n) is 1.42. The monoisotopic (exact) mass is 265 g/mol. The Morgan fingerprint density at radius 3 is 2.74 bits per heavy atom. The van der Waals surface area contributed by atoms with Crippen LogP contribution in [0.4, 0.5) is 5.82 Å². The molecule has 0 radical (unpaired) electrons. The molecule has 0 aromatic carbocycles. The second-order valence-corrected chi connectivity index (χ2v) is 4.28. The standard InChI is InChI=1S/C12H19N5O2/c1-8(2)15-11(18)6-7-14-12(19)9-4-3-5-10(16-9)17-13/h3-5,8H,6-7,13H2,1-2H3,(H,14,19)(H,15,18)(H,16,17). The molecule has 19 heavy (non-hydrogen) atoms. The van der Waals surface area contributed by atoms with Gasteiger partial charge in [-0.1, -0.05) is 6.07 Å². The molecule has 2 amide bonds. The molecule has 7 nitrogen and oxygen atoms in total. The molecule has 0 saturated heterocycles. The molecule has 0 unspecified atom stereocenters. The molecule has 5 N–H and O–H groups in total. The minimum Gasteiger partial charge on any atom is -0.354 e. The Balaban J connectivity index is 2.40. The number of rotatable bonds is 6. The van der Waals surface area contributed by atoms with Crippen molar-refractivity contribution in [2.45, 2.75) is 26.3 Å². The number of nitrogens with zero attached hydrogens (tertiary/aromatic N) is 1. The van der Waals surface area contributed by atoms with Crippen molar-refractivity contribution in [2.75, 3.05) is 12.0 Å². The van der Waals surface area contributed by atoms with Gasteiger partial charge in [0.25, 0.3) is 5.91 Å². The Morgan fingerprint density at radius 2 is 2.11 bits per heavy atom. The quantitative estimate of drug-likeness (QED) is 0.428. The van der Waals surface area contributed by atoms with Crippen LogP contribution < -0.4 is 21.9 Å². The van der Waals surface area contributed by atoms with E-state index in [0.717, 1.165) is 0 Å². The molecule has 0 saturated carbocycles. The van der Waals surface area contributed by atoms with Crippen LogP contribution in [-0.2, 0) is 4.79 Å². The highest BCUT2D eigenvalue weighted by molar-refractivity contribution is 5.92. The number of anilines is 1. The lowest BCUT2D eigenvalue weighted by Crippen LogP contribution is -2.34. The van der Waals surface area contributed by atoms with E-state index in [4.69, 9.17) is 5.84 Å². The predicted molar refractivity (Wildman–Crippen MR) is 72.3 cm³/mol. The van der Waals surface area contributed by atoms with Gasteiger partial charge in [-0.05, 0) is 26.0 Å². The Morgan fingerprint density at radius 1 is 1.37 bits per heavy atom. The number of amides is 2. The largest absolute Gasteiger partial charge is 0.354 e. The van der Waals surface area contributed by atoms with Crippen molar-refractivity contribution in [3.05, 3.63) is 23.9 Å². The average Bonchev–Trinajstić information content (AvgIpc) is 2.37. The van der Waals surface area contributed by atoms with Crippen molar-refractivity contribution in [3.63, 3.8) is 0 Å². The number of hydrogen-bond acceptors (Lipinski definition) is 5. The minimum atomic E-state index is -0.338. The number of nitrogen functional groups attached to an aromatic ring is 1. The molecule has 0 aliphatic rings. The summed E-state index contributed by atoms with van der Waals surface area (Å²) in [5.41, 5.74) is 2.61. The van der Waals surface area contributed by atoms with Crippen LogP contribution in [0.25, 0.3) is 0 Å². The number of hydrogen-bond donors (Lipinski definition) is 4. The Bertz CT molecular complexity index is 448. The maximum atomic E-state index is 11.7. The maximum Gasteiger partial charge on any atom is 0.269 e. The van der Waals surface area contributed by atoms with Gasteiger partial charge in [0.15, 0.2) is 0 Å². The van der Waals surface area contributed by atoms with Gasteiger partial charge in [-0.15, -0.1) is 0 Å². The molecule has 0 spiro atoms. The highest BCUT2D eigenvalue weighted by Gasteiger charge is 2.08. The second kappa shape index (κ2) is 7.32. The normalized spacial score (nSPS) is 10.1. The van der Waals surface area contributed by atoms with E-state index in [2.05, 4.69) is 21.0 Å². The number of carbonyl (C=O) groups excluding carboxylic acids is 2. The van der Waals surface area contributed by atoms with Crippen LogP contribution in [0, 0.1) is 0 Å². The molecule has 0 fully saturated rings. The van der Waals surface area contributed by atoms with Crippen LogP contribution in [0.3, 0.4) is 0 Å². The van der Waals surface area contributed by atoms with Gasteiger partial charge in [-0.2, -0.15) is 0 Å². The smallest absolute Gasteiger partial charge is 0.269 e. The molecule has 0 aliphatic heterocycles. The van der Waals surface area contributed by atoms with Gasteiger partial charge < -0.3 is 16.1 Å². The van der Waals surface area contributed by atoms with Crippen LogP contribution in [0.5, 0.6) is 0 Å². The zero-order chi connectivity index (χ0) is 14.3. The molecule has 0 aliphatic carbocycles. The van der Waals surface area contributed by atoms with Crippen LogP contribution in [0.15, 0.2) is 18.2 Å². The number of nitrogens with two attached hydrogens (primary N) is 1. The Labute approximate surface area is 111 Å². The summed E-state index contributed by atoms with van der Waals surface area (Å²) in [6.45, 7) is 4.02. The first-order valence-corrected chi connectivity index (χ1v) is 6.04. The summed E-state index contributed by atoms with van der Waals surface area (Å²) in [5, 5.41) is 5.37. The Kier molecular flexibility index (Phi) is 5.74. The van der Waals surface area contributed by atoms with Gasteiger partial charge >= 0.3 is 0 Å². The van der Waals surface area contributed by atoms with Gasteiger partial charge in [-0.25, -0.2) is 10.8 Å². The summed E-state index contributed by atoms with van der Waals surface area (Å²) in [6, 6.07) is 4.98. The molecule has 1 heterocycles. The van der Waals surface area contributed by atoms with E-state index in [0.29, 0.717) is 5.82 Å². The SMILES string of the molecule is CC(C)NC(=O)CCNC(=O)c1cccc(NN)n1. The number of pyridine rings is 1. The first-order chi connectivity index (χ1) is 9.02. The fourth-order valence-corrected chi connectivity index (χ4v) is 1.42. The average molecular weight is 265 g/mol. The topological polar surface area (TPSA) is 109 Å². The zero-order valence-corrected chi connectivity index (χ0v) is 11.1. The zero-order valence-electron chi connectivity index (χ0n) is 11.1. The van der Waals surface area contributed by atoms with Crippen LogP contribution in [0.2, 0.25) is 0 Å². The van der Waals surface area contributed by atoms with Gasteiger partial charge in [0.2, 0.25) is 5.91 Å². The highest BCUT2D eigenvalue weighted by Crippen LogP contribution is 2.02. The van der Waals surface area contributed by atoms with E-state index in [9.17, 15) is 9.59 Å². The summed E-state index contributed by atoms with van der Waals surface area (Å²) >= 11 is 0.